The van der Waals surface area contributed by atoms with Crippen LogP contribution < -0.4 is 0 Å². The van der Waals surface area contributed by atoms with Crippen molar-refractivity contribution in [2.45, 2.75) is 13.1 Å². The van der Waals surface area contributed by atoms with Crippen LogP contribution in [-0.2, 0) is 6.18 Å². The number of carboxylic acids is 1. The van der Waals surface area contributed by atoms with Crippen LogP contribution in [0.5, 0.6) is 0 Å². The molecule has 0 saturated carbocycles. The van der Waals surface area contributed by atoms with E-state index in [9.17, 15) is 22.4 Å². The number of rotatable bonds is 2. The van der Waals surface area contributed by atoms with E-state index in [1.807, 2.05) is 0 Å². The number of alkyl halides is 3. The first-order chi connectivity index (χ1) is 9.68. The standard InChI is InChI=1S/C15H10F4O2/c1-8-2-3-12(13(16)4-8)9-5-10(14(20)21)7-11(6-9)15(17,18)19/h2-7H,1H3,(H,20,21). The molecule has 0 heterocycles. The van der Waals surface area contributed by atoms with Crippen molar-refractivity contribution in [3.8, 4) is 11.1 Å². The van der Waals surface area contributed by atoms with Crippen LogP contribution in [0.25, 0.3) is 11.1 Å². The smallest absolute Gasteiger partial charge is 0.416 e. The molecule has 2 aromatic carbocycles. The number of hydrogen-bond donors (Lipinski definition) is 1. The molecule has 6 heteroatoms. The number of hydrogen-bond acceptors (Lipinski definition) is 1. The quantitative estimate of drug-likeness (QED) is 0.828. The largest absolute Gasteiger partial charge is 0.478 e. The van der Waals surface area contributed by atoms with Crippen molar-refractivity contribution < 1.29 is 27.5 Å². The summed E-state index contributed by atoms with van der Waals surface area (Å²) in [5, 5.41) is 8.90. The van der Waals surface area contributed by atoms with Crippen molar-refractivity contribution in [3.63, 3.8) is 0 Å². The van der Waals surface area contributed by atoms with Crippen LogP contribution in [0.1, 0.15) is 21.5 Å². The molecule has 2 rings (SSSR count). The molecule has 0 aliphatic carbocycles. The first kappa shape index (κ1) is 15.0. The third-order valence-corrected chi connectivity index (χ3v) is 2.94. The second kappa shape index (κ2) is 5.20. The molecule has 0 saturated heterocycles. The van der Waals surface area contributed by atoms with Crippen LogP contribution in [0.3, 0.4) is 0 Å². The molecule has 0 fully saturated rings. The zero-order valence-corrected chi connectivity index (χ0v) is 10.8. The second-order valence-electron chi connectivity index (χ2n) is 4.59. The summed E-state index contributed by atoms with van der Waals surface area (Å²) in [6.07, 6.45) is -4.71. The van der Waals surface area contributed by atoms with Gasteiger partial charge in [0.1, 0.15) is 5.82 Å². The minimum absolute atomic E-state index is 0.0748. The van der Waals surface area contributed by atoms with Gasteiger partial charge in [-0.05, 0) is 42.3 Å². The van der Waals surface area contributed by atoms with Crippen LogP contribution in [0.4, 0.5) is 17.6 Å². The van der Waals surface area contributed by atoms with Gasteiger partial charge in [0.25, 0.3) is 0 Å². The van der Waals surface area contributed by atoms with Crippen LogP contribution in [0.15, 0.2) is 36.4 Å². The zero-order valence-electron chi connectivity index (χ0n) is 10.8. The van der Waals surface area contributed by atoms with Gasteiger partial charge in [-0.3, -0.25) is 0 Å². The van der Waals surface area contributed by atoms with Gasteiger partial charge < -0.3 is 5.11 Å². The predicted octanol–water partition coefficient (Wildman–Crippen LogP) is 4.52. The van der Waals surface area contributed by atoms with Gasteiger partial charge in [0, 0.05) is 5.56 Å². The number of halogens is 4. The molecule has 0 aliphatic heterocycles. The van der Waals surface area contributed by atoms with Crippen molar-refractivity contribution in [2.24, 2.45) is 0 Å². The highest BCUT2D eigenvalue weighted by Gasteiger charge is 2.32. The van der Waals surface area contributed by atoms with Crippen LogP contribution >= 0.6 is 0 Å². The molecule has 0 atom stereocenters. The normalized spacial score (nSPS) is 11.5. The van der Waals surface area contributed by atoms with Gasteiger partial charge in [0.05, 0.1) is 11.1 Å². The Kier molecular flexibility index (Phi) is 3.72. The SMILES string of the molecule is Cc1ccc(-c2cc(C(=O)O)cc(C(F)(F)F)c2)c(F)c1. The highest BCUT2D eigenvalue weighted by molar-refractivity contribution is 5.90. The molecule has 0 spiro atoms. The van der Waals surface area contributed by atoms with E-state index in [1.165, 1.54) is 12.1 Å². The monoisotopic (exact) mass is 298 g/mol. The minimum Gasteiger partial charge on any atom is -0.478 e. The van der Waals surface area contributed by atoms with Crippen molar-refractivity contribution in [1.82, 2.24) is 0 Å². The first-order valence-electron chi connectivity index (χ1n) is 5.90. The van der Waals surface area contributed by atoms with Crippen LogP contribution in [-0.4, -0.2) is 11.1 Å². The Morgan fingerprint density at radius 2 is 1.76 bits per heavy atom. The highest BCUT2D eigenvalue weighted by atomic mass is 19.4. The number of carboxylic acid groups (broad SMARTS) is 1. The molecule has 0 unspecified atom stereocenters. The third kappa shape index (κ3) is 3.21. The Morgan fingerprint density at radius 3 is 2.29 bits per heavy atom. The molecule has 2 nitrogen and oxygen atoms in total. The van der Waals surface area contributed by atoms with E-state index in [0.29, 0.717) is 11.6 Å². The Labute approximate surface area is 117 Å². The third-order valence-electron chi connectivity index (χ3n) is 2.94. The lowest BCUT2D eigenvalue weighted by Crippen LogP contribution is -2.08. The Bertz CT molecular complexity index is 705. The average molecular weight is 298 g/mol. The van der Waals surface area contributed by atoms with E-state index in [-0.39, 0.29) is 11.1 Å². The predicted molar refractivity (Wildman–Crippen MR) is 68.5 cm³/mol. The molecule has 0 aromatic heterocycles. The molecule has 21 heavy (non-hydrogen) atoms. The Balaban J connectivity index is 2.68. The summed E-state index contributed by atoms with van der Waals surface area (Å²) >= 11 is 0. The van der Waals surface area contributed by atoms with Gasteiger partial charge in [-0.25, -0.2) is 9.18 Å². The molecular formula is C15H10F4O2. The van der Waals surface area contributed by atoms with Gasteiger partial charge in [-0.2, -0.15) is 13.2 Å². The number of aryl methyl sites for hydroxylation is 1. The maximum absolute atomic E-state index is 13.9. The minimum atomic E-state index is -4.71. The summed E-state index contributed by atoms with van der Waals surface area (Å²) in [4.78, 5) is 10.9. The summed E-state index contributed by atoms with van der Waals surface area (Å²) in [6.45, 7) is 1.64. The number of benzene rings is 2. The van der Waals surface area contributed by atoms with Crippen LogP contribution in [0.2, 0.25) is 0 Å². The molecule has 110 valence electrons. The van der Waals surface area contributed by atoms with Crippen molar-refractivity contribution in [2.75, 3.05) is 0 Å². The van der Waals surface area contributed by atoms with E-state index >= 15 is 0 Å². The van der Waals surface area contributed by atoms with E-state index in [2.05, 4.69) is 0 Å². The first-order valence-corrected chi connectivity index (χ1v) is 5.90. The fourth-order valence-electron chi connectivity index (χ4n) is 1.92. The lowest BCUT2D eigenvalue weighted by atomic mass is 9.98. The Morgan fingerprint density at radius 1 is 1.10 bits per heavy atom. The summed E-state index contributed by atoms with van der Waals surface area (Å²) in [6, 6.07) is 6.32. The van der Waals surface area contributed by atoms with Crippen molar-refractivity contribution in [3.05, 3.63) is 58.9 Å². The van der Waals surface area contributed by atoms with Crippen molar-refractivity contribution in [1.29, 1.82) is 0 Å². The lowest BCUT2D eigenvalue weighted by molar-refractivity contribution is -0.137. The number of aromatic carboxylic acids is 1. The number of carbonyl (C=O) groups is 1. The summed E-state index contributed by atoms with van der Waals surface area (Å²) in [7, 11) is 0. The fraction of sp³-hybridized carbons (Fsp3) is 0.133. The second-order valence-corrected chi connectivity index (χ2v) is 4.59. The molecule has 0 amide bonds. The van der Waals surface area contributed by atoms with Gasteiger partial charge >= 0.3 is 12.1 Å². The summed E-state index contributed by atoms with van der Waals surface area (Å²) < 4.78 is 52.3. The van der Waals surface area contributed by atoms with Crippen LogP contribution in [0, 0.1) is 12.7 Å². The molecule has 0 radical (unpaired) electrons. The molecule has 2 aromatic rings. The van der Waals surface area contributed by atoms with E-state index < -0.39 is 29.1 Å². The highest BCUT2D eigenvalue weighted by Crippen LogP contribution is 2.34. The van der Waals surface area contributed by atoms with Gasteiger partial charge in [0.2, 0.25) is 0 Å². The molecule has 0 aliphatic rings. The average Bonchev–Trinajstić information content (AvgIpc) is 2.37. The van der Waals surface area contributed by atoms with Gasteiger partial charge in [0.15, 0.2) is 0 Å². The van der Waals surface area contributed by atoms with E-state index in [0.717, 1.165) is 12.1 Å². The van der Waals surface area contributed by atoms with E-state index in [4.69, 9.17) is 5.11 Å². The van der Waals surface area contributed by atoms with E-state index in [1.54, 1.807) is 13.0 Å². The summed E-state index contributed by atoms with van der Waals surface area (Å²) in [5.41, 5.74) is -1.26. The topological polar surface area (TPSA) is 37.3 Å². The zero-order chi connectivity index (χ0) is 15.8. The molecule has 0 bridgehead atoms. The molecule has 1 N–H and O–H groups in total. The maximum atomic E-state index is 13.9. The fourth-order valence-corrected chi connectivity index (χ4v) is 1.92. The van der Waals surface area contributed by atoms with Gasteiger partial charge in [-0.1, -0.05) is 12.1 Å². The lowest BCUT2D eigenvalue weighted by Gasteiger charge is -2.11. The van der Waals surface area contributed by atoms with Gasteiger partial charge in [-0.15, -0.1) is 0 Å². The Hall–Kier alpha value is -2.37. The summed E-state index contributed by atoms with van der Waals surface area (Å²) in [5.74, 6) is -2.21. The van der Waals surface area contributed by atoms with Crippen molar-refractivity contribution >= 4 is 5.97 Å². The maximum Gasteiger partial charge on any atom is 0.416 e. The molecular weight excluding hydrogens is 288 g/mol.